The molecule has 1 amide bonds. The highest BCUT2D eigenvalue weighted by atomic mass is 32.2. The molecule has 0 bridgehead atoms. The molecule has 3 unspecified atom stereocenters. The minimum absolute atomic E-state index is 0.108. The fraction of sp³-hybridized carbons (Fsp3) is 0.500. The fourth-order valence-corrected chi connectivity index (χ4v) is 3.87. The maximum Gasteiger partial charge on any atom is 0.248 e. The lowest BCUT2D eigenvalue weighted by molar-refractivity contribution is -0.131. The number of hydrogen-bond acceptors (Lipinski definition) is 4. The Balaban J connectivity index is 1.66. The molecule has 1 fully saturated rings. The van der Waals surface area contributed by atoms with Crippen LogP contribution in [0.3, 0.4) is 0 Å². The molecule has 21 heavy (non-hydrogen) atoms. The van der Waals surface area contributed by atoms with Crippen LogP contribution in [0.4, 0.5) is 0 Å². The summed E-state index contributed by atoms with van der Waals surface area (Å²) in [4.78, 5) is 19.0. The summed E-state index contributed by atoms with van der Waals surface area (Å²) in [5.41, 5.74) is 1.08. The maximum absolute atomic E-state index is 12.5. The van der Waals surface area contributed by atoms with E-state index in [1.54, 1.807) is 18.7 Å². The molecule has 2 aliphatic rings. The Morgan fingerprint density at radius 2 is 2.19 bits per heavy atom. The van der Waals surface area contributed by atoms with Gasteiger partial charge in [-0.3, -0.25) is 9.79 Å². The molecule has 3 rings (SSSR count). The molecule has 0 radical (unpaired) electrons. The van der Waals surface area contributed by atoms with Crippen molar-refractivity contribution in [1.82, 2.24) is 4.90 Å². The van der Waals surface area contributed by atoms with Gasteiger partial charge in [-0.2, -0.15) is 0 Å². The zero-order valence-corrected chi connectivity index (χ0v) is 12.9. The number of carbonyl (C=O) groups excluding carboxylic acids is 1. The third-order valence-electron chi connectivity index (χ3n) is 4.18. The normalized spacial score (nSPS) is 26.8. The topological polar surface area (TPSA) is 52.9 Å². The fourth-order valence-electron chi connectivity index (χ4n) is 2.83. The average Bonchev–Trinajstić information content (AvgIpc) is 3.17. The Morgan fingerprint density at radius 1 is 1.43 bits per heavy atom. The molecule has 1 N–H and O–H groups in total. The van der Waals surface area contributed by atoms with Gasteiger partial charge in [0.25, 0.3) is 0 Å². The van der Waals surface area contributed by atoms with E-state index in [9.17, 15) is 9.90 Å². The lowest BCUT2D eigenvalue weighted by atomic mass is 10.0. The van der Waals surface area contributed by atoms with Gasteiger partial charge < -0.3 is 10.0 Å². The van der Waals surface area contributed by atoms with Gasteiger partial charge >= 0.3 is 0 Å². The molecule has 1 aromatic carbocycles. The van der Waals surface area contributed by atoms with Gasteiger partial charge in [-0.05, 0) is 13.3 Å². The molecule has 2 heterocycles. The number of carbonyl (C=O) groups is 1. The van der Waals surface area contributed by atoms with E-state index in [-0.39, 0.29) is 24.0 Å². The molecule has 0 saturated carbocycles. The summed E-state index contributed by atoms with van der Waals surface area (Å²) in [5, 5.41) is 10.6. The lowest BCUT2D eigenvalue weighted by Gasteiger charge is -2.19. The third kappa shape index (κ3) is 3.14. The van der Waals surface area contributed by atoms with Crippen LogP contribution in [0.5, 0.6) is 0 Å². The van der Waals surface area contributed by atoms with E-state index in [1.165, 1.54) is 0 Å². The van der Waals surface area contributed by atoms with Crippen molar-refractivity contribution in [3.8, 4) is 0 Å². The number of hydrogen-bond donors (Lipinski definition) is 1. The summed E-state index contributed by atoms with van der Waals surface area (Å²) in [6, 6.07) is 9.74. The van der Waals surface area contributed by atoms with Crippen molar-refractivity contribution in [1.29, 1.82) is 0 Å². The lowest BCUT2D eigenvalue weighted by Crippen LogP contribution is -2.37. The van der Waals surface area contributed by atoms with Gasteiger partial charge in [0.15, 0.2) is 0 Å². The highest BCUT2D eigenvalue weighted by Crippen LogP contribution is 2.27. The second-order valence-electron chi connectivity index (χ2n) is 5.70. The van der Waals surface area contributed by atoms with E-state index in [2.05, 4.69) is 4.99 Å². The van der Waals surface area contributed by atoms with Crippen LogP contribution >= 0.6 is 11.8 Å². The largest absolute Gasteiger partial charge is 0.393 e. The van der Waals surface area contributed by atoms with Gasteiger partial charge in [-0.1, -0.05) is 30.3 Å². The van der Waals surface area contributed by atoms with Gasteiger partial charge in [0.05, 0.1) is 11.1 Å². The molecule has 3 atom stereocenters. The number of thioether (sulfide) groups is 1. The quantitative estimate of drug-likeness (QED) is 0.926. The van der Waals surface area contributed by atoms with Crippen LogP contribution in [-0.2, 0) is 4.79 Å². The summed E-state index contributed by atoms with van der Waals surface area (Å²) in [7, 11) is 0. The van der Waals surface area contributed by atoms with Crippen molar-refractivity contribution in [2.45, 2.75) is 25.5 Å². The molecule has 0 spiro atoms. The van der Waals surface area contributed by atoms with Crippen LogP contribution < -0.4 is 0 Å². The summed E-state index contributed by atoms with van der Waals surface area (Å²) in [6.07, 6.45) is 0.544. The van der Waals surface area contributed by atoms with E-state index in [0.29, 0.717) is 6.54 Å². The van der Waals surface area contributed by atoms with Crippen LogP contribution in [0.15, 0.2) is 35.3 Å². The van der Waals surface area contributed by atoms with Crippen LogP contribution in [-0.4, -0.2) is 51.9 Å². The summed E-state index contributed by atoms with van der Waals surface area (Å²) in [6.45, 7) is 3.20. The van der Waals surface area contributed by atoms with E-state index < -0.39 is 0 Å². The number of aliphatic hydroxyl groups excluding tert-OH is 1. The Morgan fingerprint density at radius 3 is 2.86 bits per heavy atom. The molecule has 2 aliphatic heterocycles. The zero-order valence-electron chi connectivity index (χ0n) is 12.1. The first kappa shape index (κ1) is 14.6. The first-order valence-corrected chi connectivity index (χ1v) is 8.36. The number of aliphatic hydroxyl groups is 1. The number of amides is 1. The SMILES string of the molecule is CC(O)C1CCN(C(=O)C2CSC(c3ccccc3)=N2)C1. The molecular formula is C16H20N2O2S. The van der Waals surface area contributed by atoms with Crippen molar-refractivity contribution < 1.29 is 9.90 Å². The minimum atomic E-state index is -0.343. The molecule has 1 aromatic rings. The zero-order chi connectivity index (χ0) is 14.8. The van der Waals surface area contributed by atoms with Crippen molar-refractivity contribution in [2.24, 2.45) is 10.9 Å². The van der Waals surface area contributed by atoms with Crippen molar-refractivity contribution in [2.75, 3.05) is 18.8 Å². The first-order valence-electron chi connectivity index (χ1n) is 7.38. The van der Waals surface area contributed by atoms with E-state index in [1.807, 2.05) is 35.2 Å². The van der Waals surface area contributed by atoms with Crippen LogP contribution in [0.1, 0.15) is 18.9 Å². The minimum Gasteiger partial charge on any atom is -0.393 e. The third-order valence-corrected chi connectivity index (χ3v) is 5.27. The Kier molecular flexibility index (Phi) is 4.31. The van der Waals surface area contributed by atoms with Crippen molar-refractivity contribution in [3.05, 3.63) is 35.9 Å². The maximum atomic E-state index is 12.5. The predicted octanol–water partition coefficient (Wildman–Crippen LogP) is 1.78. The van der Waals surface area contributed by atoms with Gasteiger partial charge in [-0.25, -0.2) is 0 Å². The van der Waals surface area contributed by atoms with Crippen molar-refractivity contribution in [3.63, 3.8) is 0 Å². The number of aliphatic imine (C=N–C) groups is 1. The highest BCUT2D eigenvalue weighted by molar-refractivity contribution is 8.14. The molecule has 112 valence electrons. The highest BCUT2D eigenvalue weighted by Gasteiger charge is 2.34. The Labute approximate surface area is 129 Å². The molecule has 1 saturated heterocycles. The summed E-state index contributed by atoms with van der Waals surface area (Å²) >= 11 is 1.65. The summed E-state index contributed by atoms with van der Waals surface area (Å²) < 4.78 is 0. The predicted molar refractivity (Wildman–Crippen MR) is 85.6 cm³/mol. The van der Waals surface area contributed by atoms with Gasteiger partial charge in [-0.15, -0.1) is 11.8 Å². The van der Waals surface area contributed by atoms with Gasteiger partial charge in [0.1, 0.15) is 6.04 Å². The average molecular weight is 304 g/mol. The molecule has 0 aromatic heterocycles. The molecule has 4 nitrogen and oxygen atoms in total. The second kappa shape index (κ2) is 6.20. The standard InChI is InChI=1S/C16H20N2O2S/c1-11(19)13-7-8-18(9-13)16(20)14-10-21-15(17-14)12-5-3-2-4-6-12/h2-6,11,13-14,19H,7-10H2,1H3. The van der Waals surface area contributed by atoms with Gasteiger partial charge in [0.2, 0.25) is 5.91 Å². The first-order chi connectivity index (χ1) is 10.1. The van der Waals surface area contributed by atoms with Crippen LogP contribution in [0.2, 0.25) is 0 Å². The van der Waals surface area contributed by atoms with Gasteiger partial charge in [0, 0.05) is 30.3 Å². The molecule has 0 aliphatic carbocycles. The monoisotopic (exact) mass is 304 g/mol. The Hall–Kier alpha value is -1.33. The van der Waals surface area contributed by atoms with Crippen molar-refractivity contribution >= 4 is 22.7 Å². The van der Waals surface area contributed by atoms with Crippen LogP contribution in [0.25, 0.3) is 0 Å². The number of likely N-dealkylation sites (tertiary alicyclic amines) is 1. The van der Waals surface area contributed by atoms with E-state index >= 15 is 0 Å². The molecular weight excluding hydrogens is 284 g/mol. The second-order valence-corrected chi connectivity index (χ2v) is 6.71. The molecule has 5 heteroatoms. The Bertz CT molecular complexity index is 544. The number of benzene rings is 1. The number of rotatable bonds is 3. The van der Waals surface area contributed by atoms with Crippen LogP contribution in [0, 0.1) is 5.92 Å². The van der Waals surface area contributed by atoms with E-state index in [4.69, 9.17) is 0 Å². The number of nitrogens with zero attached hydrogens (tertiary/aromatic N) is 2. The smallest absolute Gasteiger partial charge is 0.248 e. The van der Waals surface area contributed by atoms with E-state index in [0.717, 1.165) is 29.3 Å². The summed E-state index contributed by atoms with van der Waals surface area (Å²) in [5.74, 6) is 1.04.